The molecule has 132 valence electrons. The van der Waals surface area contributed by atoms with E-state index in [4.69, 9.17) is 4.74 Å². The average molecular weight is 357 g/mol. The number of benzene rings is 1. The van der Waals surface area contributed by atoms with Crippen LogP contribution in [-0.4, -0.2) is 56.6 Å². The zero-order chi connectivity index (χ0) is 17.9. The highest BCUT2D eigenvalue weighted by Gasteiger charge is 2.39. The summed E-state index contributed by atoms with van der Waals surface area (Å²) in [6.07, 6.45) is 1.50. The highest BCUT2D eigenvalue weighted by atomic mass is 32.2. The van der Waals surface area contributed by atoms with Crippen LogP contribution in [0.1, 0.15) is 29.6 Å². The van der Waals surface area contributed by atoms with Gasteiger partial charge in [-0.3, -0.25) is 4.79 Å². The molecule has 1 atom stereocenters. The third-order valence-corrected chi connectivity index (χ3v) is 5.86. The van der Waals surface area contributed by atoms with Crippen LogP contribution in [-0.2, 0) is 19.6 Å². The number of nitrogens with zero attached hydrogens (tertiary/aromatic N) is 1. The Hall–Kier alpha value is -2.13. The predicted molar refractivity (Wildman–Crippen MR) is 83.5 cm³/mol. The van der Waals surface area contributed by atoms with Crippen molar-refractivity contribution in [3.05, 3.63) is 23.8 Å². The molecule has 1 aromatic rings. The lowest BCUT2D eigenvalue weighted by Gasteiger charge is -2.32. The summed E-state index contributed by atoms with van der Waals surface area (Å²) in [6, 6.07) is 2.70. The fourth-order valence-electron chi connectivity index (χ4n) is 2.69. The normalized spacial score (nSPS) is 18.8. The van der Waals surface area contributed by atoms with Crippen molar-refractivity contribution in [3.63, 3.8) is 0 Å². The minimum atomic E-state index is -4.07. The van der Waals surface area contributed by atoms with Gasteiger partial charge in [0, 0.05) is 6.54 Å². The number of methoxy groups -OCH3 is 2. The van der Waals surface area contributed by atoms with Crippen molar-refractivity contribution in [1.82, 2.24) is 4.31 Å². The fourth-order valence-corrected chi connectivity index (χ4v) is 4.48. The molecule has 9 heteroatoms. The Labute approximate surface area is 140 Å². The number of carbonyl (C=O) groups is 2. The lowest BCUT2D eigenvalue weighted by Crippen LogP contribution is -2.47. The van der Waals surface area contributed by atoms with Crippen LogP contribution in [0.4, 0.5) is 0 Å². The topological polar surface area (TPSA) is 110 Å². The van der Waals surface area contributed by atoms with Gasteiger partial charge in [-0.1, -0.05) is 0 Å². The third kappa shape index (κ3) is 3.36. The second-order valence-electron chi connectivity index (χ2n) is 5.32. The molecule has 0 aromatic heterocycles. The van der Waals surface area contributed by atoms with E-state index in [2.05, 4.69) is 4.74 Å². The summed E-state index contributed by atoms with van der Waals surface area (Å²) in [7, 11) is -1.58. The van der Waals surface area contributed by atoms with Crippen LogP contribution >= 0.6 is 0 Å². The van der Waals surface area contributed by atoms with Gasteiger partial charge in [0.1, 0.15) is 16.7 Å². The zero-order valence-corrected chi connectivity index (χ0v) is 14.2. The summed E-state index contributed by atoms with van der Waals surface area (Å²) < 4.78 is 36.5. The molecule has 1 aliphatic rings. The van der Waals surface area contributed by atoms with Crippen molar-refractivity contribution < 1.29 is 32.6 Å². The van der Waals surface area contributed by atoms with Gasteiger partial charge in [0.2, 0.25) is 10.0 Å². The maximum absolute atomic E-state index is 12.9. The number of rotatable bonds is 5. The van der Waals surface area contributed by atoms with Crippen LogP contribution in [0.3, 0.4) is 0 Å². The number of carboxylic acid groups (broad SMARTS) is 1. The molecular formula is C15H19NO7S. The van der Waals surface area contributed by atoms with Crippen LogP contribution in [0.25, 0.3) is 0 Å². The molecule has 2 rings (SSSR count). The summed E-state index contributed by atoms with van der Waals surface area (Å²) in [5.74, 6) is -1.84. The van der Waals surface area contributed by atoms with Gasteiger partial charge in [0.25, 0.3) is 0 Å². The lowest BCUT2D eigenvalue weighted by atomic mass is 10.1. The van der Waals surface area contributed by atoms with Gasteiger partial charge in [-0.15, -0.1) is 0 Å². The molecule has 0 spiro atoms. The van der Waals surface area contributed by atoms with E-state index in [1.54, 1.807) is 0 Å². The lowest BCUT2D eigenvalue weighted by molar-refractivity contribution is -0.142. The first-order valence-corrected chi connectivity index (χ1v) is 8.78. The molecule has 1 unspecified atom stereocenters. The summed E-state index contributed by atoms with van der Waals surface area (Å²) in [6.45, 7) is 0.126. The van der Waals surface area contributed by atoms with Crippen molar-refractivity contribution in [2.45, 2.75) is 30.2 Å². The van der Waals surface area contributed by atoms with Crippen LogP contribution in [0.2, 0.25) is 0 Å². The van der Waals surface area contributed by atoms with E-state index in [1.807, 2.05) is 0 Å². The molecule has 1 heterocycles. The smallest absolute Gasteiger partial charge is 0.337 e. The van der Waals surface area contributed by atoms with E-state index in [0.29, 0.717) is 12.8 Å². The van der Waals surface area contributed by atoms with Gasteiger partial charge in [0.15, 0.2) is 0 Å². The third-order valence-electron chi connectivity index (χ3n) is 3.91. The molecule has 0 bridgehead atoms. The standard InChI is InChI=1S/C15H19NO7S/c1-22-12-9-10(15(19)23-2)6-7-13(12)24(20,21)16-8-4-3-5-11(16)14(17)18/h6-7,9,11H,3-5,8H2,1-2H3,(H,17,18). The van der Waals surface area contributed by atoms with Gasteiger partial charge in [-0.05, 0) is 37.5 Å². The number of aliphatic carboxylic acids is 1. The Bertz CT molecular complexity index is 744. The van der Waals surface area contributed by atoms with Crippen molar-refractivity contribution in [2.24, 2.45) is 0 Å². The molecule has 8 nitrogen and oxygen atoms in total. The molecule has 24 heavy (non-hydrogen) atoms. The molecular weight excluding hydrogens is 338 g/mol. The Kier molecular flexibility index (Phi) is 5.45. The molecule has 1 aromatic carbocycles. The maximum Gasteiger partial charge on any atom is 0.337 e. The quantitative estimate of drug-likeness (QED) is 0.786. The minimum absolute atomic E-state index is 0.0346. The zero-order valence-electron chi connectivity index (χ0n) is 13.4. The molecule has 0 amide bonds. The van der Waals surface area contributed by atoms with E-state index in [9.17, 15) is 23.1 Å². The molecule has 1 aliphatic heterocycles. The van der Waals surface area contributed by atoms with Gasteiger partial charge in [-0.25, -0.2) is 13.2 Å². The Morgan fingerprint density at radius 2 is 1.96 bits per heavy atom. The van der Waals surface area contributed by atoms with Crippen LogP contribution in [0.15, 0.2) is 23.1 Å². The molecule has 0 radical (unpaired) electrons. The summed E-state index contributed by atoms with van der Waals surface area (Å²) >= 11 is 0. The van der Waals surface area contributed by atoms with Crippen molar-refractivity contribution in [3.8, 4) is 5.75 Å². The number of sulfonamides is 1. The highest BCUT2D eigenvalue weighted by Crippen LogP contribution is 2.32. The number of ether oxygens (including phenoxy) is 2. The van der Waals surface area contributed by atoms with Crippen molar-refractivity contribution in [1.29, 1.82) is 0 Å². The summed E-state index contributed by atoms with van der Waals surface area (Å²) in [4.78, 5) is 22.8. The minimum Gasteiger partial charge on any atom is -0.495 e. The summed E-state index contributed by atoms with van der Waals surface area (Å²) in [5, 5.41) is 9.30. The molecule has 1 fully saturated rings. The largest absolute Gasteiger partial charge is 0.495 e. The van der Waals surface area contributed by atoms with Gasteiger partial charge in [0.05, 0.1) is 19.8 Å². The van der Waals surface area contributed by atoms with E-state index >= 15 is 0 Å². The first-order chi connectivity index (χ1) is 11.3. The summed E-state index contributed by atoms with van der Waals surface area (Å²) in [5.41, 5.74) is 0.140. The van der Waals surface area contributed by atoms with Gasteiger partial charge in [-0.2, -0.15) is 4.31 Å². The van der Waals surface area contributed by atoms with Crippen molar-refractivity contribution in [2.75, 3.05) is 20.8 Å². The highest BCUT2D eigenvalue weighted by molar-refractivity contribution is 7.89. The van der Waals surface area contributed by atoms with E-state index < -0.39 is 28.0 Å². The fraction of sp³-hybridized carbons (Fsp3) is 0.467. The van der Waals surface area contributed by atoms with E-state index in [-0.39, 0.29) is 29.2 Å². The number of hydrogen-bond acceptors (Lipinski definition) is 6. The maximum atomic E-state index is 12.9. The van der Waals surface area contributed by atoms with Crippen LogP contribution in [0.5, 0.6) is 5.75 Å². The van der Waals surface area contributed by atoms with E-state index in [1.165, 1.54) is 32.4 Å². The molecule has 1 saturated heterocycles. The molecule has 0 aliphatic carbocycles. The number of carbonyl (C=O) groups excluding carboxylic acids is 1. The Morgan fingerprint density at radius 1 is 1.25 bits per heavy atom. The molecule has 1 N–H and O–H groups in total. The van der Waals surface area contributed by atoms with E-state index in [0.717, 1.165) is 4.31 Å². The number of hydrogen-bond donors (Lipinski definition) is 1. The second kappa shape index (κ2) is 7.18. The average Bonchev–Trinajstić information content (AvgIpc) is 2.60. The monoisotopic (exact) mass is 357 g/mol. The van der Waals surface area contributed by atoms with Gasteiger partial charge < -0.3 is 14.6 Å². The molecule has 0 saturated carbocycles. The number of piperidine rings is 1. The van der Waals surface area contributed by atoms with Crippen LogP contribution < -0.4 is 4.74 Å². The van der Waals surface area contributed by atoms with Crippen molar-refractivity contribution >= 4 is 22.0 Å². The Morgan fingerprint density at radius 3 is 2.54 bits per heavy atom. The number of esters is 1. The SMILES string of the molecule is COC(=O)c1ccc(S(=O)(=O)N2CCCCC2C(=O)O)c(OC)c1. The first kappa shape index (κ1) is 18.2. The number of carboxylic acids is 1. The predicted octanol–water partition coefficient (Wildman–Crippen LogP) is 1.11. The van der Waals surface area contributed by atoms with Crippen LogP contribution in [0, 0.1) is 0 Å². The Balaban J connectivity index is 2.48. The second-order valence-corrected chi connectivity index (χ2v) is 7.18. The first-order valence-electron chi connectivity index (χ1n) is 7.34. The van der Waals surface area contributed by atoms with Gasteiger partial charge >= 0.3 is 11.9 Å².